The molecular weight excluding hydrogens is 450 g/mol. The monoisotopic (exact) mass is 483 g/mol. The van der Waals surface area contributed by atoms with E-state index in [2.05, 4.69) is 12.2 Å². The Bertz CT molecular complexity index is 1140. The Hall–Kier alpha value is -2.71. The van der Waals surface area contributed by atoms with E-state index in [0.29, 0.717) is 43.7 Å². The van der Waals surface area contributed by atoms with Gasteiger partial charge in [-0.25, -0.2) is 8.42 Å². The van der Waals surface area contributed by atoms with Gasteiger partial charge in [0.15, 0.2) is 0 Å². The normalized spacial score (nSPS) is 17.6. The summed E-state index contributed by atoms with van der Waals surface area (Å²) in [5.41, 5.74) is 3.28. The van der Waals surface area contributed by atoms with Crippen LogP contribution in [0.2, 0.25) is 0 Å². The van der Waals surface area contributed by atoms with Gasteiger partial charge in [0, 0.05) is 30.9 Å². The quantitative estimate of drug-likeness (QED) is 0.670. The first kappa shape index (κ1) is 24.4. The predicted molar refractivity (Wildman–Crippen MR) is 133 cm³/mol. The number of aryl methyl sites for hydroxylation is 2. The van der Waals surface area contributed by atoms with Crippen LogP contribution in [0, 0.1) is 0 Å². The zero-order valence-electron chi connectivity index (χ0n) is 19.8. The zero-order chi connectivity index (χ0) is 24.1. The largest absolute Gasteiger partial charge is 0.325 e. The van der Waals surface area contributed by atoms with E-state index in [9.17, 15) is 18.0 Å². The maximum Gasteiger partial charge on any atom is 0.244 e. The van der Waals surface area contributed by atoms with E-state index in [1.54, 1.807) is 22.5 Å². The average Bonchev–Trinajstić information content (AvgIpc) is 3.20. The molecule has 1 saturated heterocycles. The molecule has 0 saturated carbocycles. The van der Waals surface area contributed by atoms with Crippen LogP contribution in [0.5, 0.6) is 0 Å². The number of anilines is 2. The summed E-state index contributed by atoms with van der Waals surface area (Å²) in [6.07, 6.45) is 6.32. The highest BCUT2D eigenvalue weighted by atomic mass is 32.2. The SMILES string of the molecule is CCc1ccc(NC(=O)CN2C(=O)CCCc3cc(S(=O)(=O)N4CCCCCC4)ccc32)cc1. The van der Waals surface area contributed by atoms with Crippen LogP contribution in [0.3, 0.4) is 0 Å². The van der Waals surface area contributed by atoms with Crippen LogP contribution in [0.15, 0.2) is 47.4 Å². The smallest absolute Gasteiger partial charge is 0.244 e. The van der Waals surface area contributed by atoms with Crippen LogP contribution < -0.4 is 10.2 Å². The number of amides is 2. The van der Waals surface area contributed by atoms with Crippen molar-refractivity contribution >= 4 is 33.2 Å². The molecule has 0 unspecified atom stereocenters. The van der Waals surface area contributed by atoms with E-state index < -0.39 is 10.0 Å². The Kier molecular flexibility index (Phi) is 7.68. The highest BCUT2D eigenvalue weighted by molar-refractivity contribution is 7.89. The van der Waals surface area contributed by atoms with Gasteiger partial charge in [0.25, 0.3) is 0 Å². The molecule has 8 heteroatoms. The second-order valence-corrected chi connectivity index (χ2v) is 11.0. The fraction of sp³-hybridized carbons (Fsp3) is 0.462. The molecule has 2 heterocycles. The van der Waals surface area contributed by atoms with Crippen molar-refractivity contribution in [2.45, 2.75) is 63.2 Å². The minimum absolute atomic E-state index is 0.112. The second kappa shape index (κ2) is 10.7. The van der Waals surface area contributed by atoms with Gasteiger partial charge >= 0.3 is 0 Å². The van der Waals surface area contributed by atoms with E-state index in [0.717, 1.165) is 37.7 Å². The lowest BCUT2D eigenvalue weighted by Crippen LogP contribution is -2.38. The van der Waals surface area contributed by atoms with E-state index in [4.69, 9.17) is 0 Å². The Balaban J connectivity index is 1.55. The second-order valence-electron chi connectivity index (χ2n) is 9.04. The van der Waals surface area contributed by atoms with Gasteiger partial charge in [0.2, 0.25) is 21.8 Å². The fourth-order valence-electron chi connectivity index (χ4n) is 4.66. The number of hydrogen-bond donors (Lipinski definition) is 1. The van der Waals surface area contributed by atoms with Crippen molar-refractivity contribution in [3.05, 3.63) is 53.6 Å². The van der Waals surface area contributed by atoms with Crippen LogP contribution >= 0.6 is 0 Å². The molecule has 4 rings (SSSR count). The van der Waals surface area contributed by atoms with Crippen LogP contribution in [0.4, 0.5) is 11.4 Å². The van der Waals surface area contributed by atoms with E-state index in [1.165, 1.54) is 10.5 Å². The summed E-state index contributed by atoms with van der Waals surface area (Å²) >= 11 is 0. The van der Waals surface area contributed by atoms with Gasteiger partial charge in [-0.3, -0.25) is 9.59 Å². The number of fused-ring (bicyclic) bond motifs is 1. The summed E-state index contributed by atoms with van der Waals surface area (Å²) in [4.78, 5) is 27.3. The lowest BCUT2D eigenvalue weighted by atomic mass is 10.1. The Morgan fingerprint density at radius 2 is 1.65 bits per heavy atom. The van der Waals surface area contributed by atoms with Gasteiger partial charge in [0.1, 0.15) is 6.54 Å². The summed E-state index contributed by atoms with van der Waals surface area (Å²) in [7, 11) is -3.58. The van der Waals surface area contributed by atoms with Gasteiger partial charge in [-0.1, -0.05) is 31.9 Å². The van der Waals surface area contributed by atoms with Crippen molar-refractivity contribution in [1.29, 1.82) is 0 Å². The zero-order valence-corrected chi connectivity index (χ0v) is 20.6. The molecule has 2 aliphatic heterocycles. The van der Waals surface area contributed by atoms with Gasteiger partial charge < -0.3 is 10.2 Å². The maximum absolute atomic E-state index is 13.3. The van der Waals surface area contributed by atoms with Crippen molar-refractivity contribution in [2.75, 3.05) is 29.9 Å². The van der Waals surface area contributed by atoms with Gasteiger partial charge in [0.05, 0.1) is 4.90 Å². The molecule has 34 heavy (non-hydrogen) atoms. The highest BCUT2D eigenvalue weighted by Crippen LogP contribution is 2.31. The van der Waals surface area contributed by atoms with Gasteiger partial charge in [-0.05, 0) is 73.6 Å². The third kappa shape index (κ3) is 5.50. The minimum atomic E-state index is -3.58. The van der Waals surface area contributed by atoms with Gasteiger partial charge in [-0.15, -0.1) is 0 Å². The first-order chi connectivity index (χ1) is 16.4. The molecule has 2 amide bonds. The van der Waals surface area contributed by atoms with E-state index in [1.807, 2.05) is 24.3 Å². The standard InChI is InChI=1S/C26H33N3O4S/c1-2-20-10-12-22(13-11-20)27-25(30)19-29-24-15-14-23(18-21(24)8-7-9-26(29)31)34(32,33)28-16-5-3-4-6-17-28/h10-15,18H,2-9,16-17,19H2,1H3,(H,27,30). The first-order valence-electron chi connectivity index (χ1n) is 12.2. The molecule has 182 valence electrons. The Morgan fingerprint density at radius 3 is 2.32 bits per heavy atom. The van der Waals surface area contributed by atoms with Crippen LogP contribution in [-0.2, 0) is 32.5 Å². The lowest BCUT2D eigenvalue weighted by Gasteiger charge is -2.24. The Labute approximate surface area is 202 Å². The number of hydrogen-bond acceptors (Lipinski definition) is 4. The molecule has 0 aromatic heterocycles. The summed E-state index contributed by atoms with van der Waals surface area (Å²) in [6, 6.07) is 12.6. The lowest BCUT2D eigenvalue weighted by molar-refractivity contribution is -0.121. The van der Waals surface area contributed by atoms with E-state index >= 15 is 0 Å². The molecule has 0 bridgehead atoms. The highest BCUT2D eigenvalue weighted by Gasteiger charge is 2.29. The molecule has 2 aromatic rings. The van der Waals surface area contributed by atoms with Crippen LogP contribution in [-0.4, -0.2) is 44.2 Å². The summed E-state index contributed by atoms with van der Waals surface area (Å²) in [5.74, 6) is -0.412. The summed E-state index contributed by atoms with van der Waals surface area (Å²) in [5, 5.41) is 2.86. The predicted octanol–water partition coefficient (Wildman–Crippen LogP) is 4.12. The number of carbonyl (C=O) groups excluding carboxylic acids is 2. The molecule has 2 aromatic carbocycles. The number of benzene rings is 2. The van der Waals surface area contributed by atoms with Crippen LogP contribution in [0.1, 0.15) is 56.6 Å². The van der Waals surface area contributed by atoms with Crippen LogP contribution in [0.25, 0.3) is 0 Å². The Morgan fingerprint density at radius 1 is 0.941 bits per heavy atom. The molecule has 2 aliphatic rings. The van der Waals surface area contributed by atoms with Crippen molar-refractivity contribution < 1.29 is 18.0 Å². The molecule has 0 atom stereocenters. The molecule has 0 radical (unpaired) electrons. The summed E-state index contributed by atoms with van der Waals surface area (Å²) in [6.45, 7) is 3.05. The van der Waals surface area contributed by atoms with Crippen molar-refractivity contribution in [3.8, 4) is 0 Å². The fourth-order valence-corrected chi connectivity index (χ4v) is 6.23. The number of nitrogens with one attached hydrogen (secondary N) is 1. The van der Waals surface area contributed by atoms with E-state index in [-0.39, 0.29) is 23.3 Å². The molecule has 1 N–H and O–H groups in total. The third-order valence-corrected chi connectivity index (χ3v) is 8.52. The summed E-state index contributed by atoms with van der Waals surface area (Å²) < 4.78 is 28.1. The molecule has 7 nitrogen and oxygen atoms in total. The average molecular weight is 484 g/mol. The van der Waals surface area contributed by atoms with Crippen molar-refractivity contribution in [3.63, 3.8) is 0 Å². The molecule has 1 fully saturated rings. The molecule has 0 aliphatic carbocycles. The number of nitrogens with zero attached hydrogens (tertiary/aromatic N) is 2. The third-order valence-electron chi connectivity index (χ3n) is 6.63. The molecular formula is C26H33N3O4S. The first-order valence-corrected chi connectivity index (χ1v) is 13.6. The molecule has 0 spiro atoms. The topological polar surface area (TPSA) is 86.8 Å². The number of carbonyl (C=O) groups is 2. The number of sulfonamides is 1. The van der Waals surface area contributed by atoms with Gasteiger partial charge in [-0.2, -0.15) is 4.31 Å². The number of rotatable bonds is 6. The van der Waals surface area contributed by atoms with Crippen molar-refractivity contribution in [2.24, 2.45) is 0 Å². The van der Waals surface area contributed by atoms with Crippen molar-refractivity contribution in [1.82, 2.24) is 4.31 Å². The minimum Gasteiger partial charge on any atom is -0.325 e. The maximum atomic E-state index is 13.3.